The third-order valence-electron chi connectivity index (χ3n) is 4.51. The van der Waals surface area contributed by atoms with Gasteiger partial charge in [-0.1, -0.05) is 29.8 Å². The molecule has 0 saturated carbocycles. The van der Waals surface area contributed by atoms with E-state index < -0.39 is 23.3 Å². The van der Waals surface area contributed by atoms with E-state index in [1.54, 1.807) is 38.4 Å². The Labute approximate surface area is 183 Å². The van der Waals surface area contributed by atoms with Crippen LogP contribution in [0.15, 0.2) is 59.4 Å². The Morgan fingerprint density at radius 3 is 2.42 bits per heavy atom. The Hall–Kier alpha value is -3.52. The van der Waals surface area contributed by atoms with E-state index in [4.69, 9.17) is 11.6 Å². The lowest BCUT2D eigenvalue weighted by atomic mass is 10.1. The molecule has 0 bridgehead atoms. The number of carbonyl (C=O) groups is 2. The number of benzene rings is 2. The highest BCUT2D eigenvalue weighted by atomic mass is 35.5. The molecule has 0 aliphatic rings. The molecule has 0 aliphatic heterocycles. The van der Waals surface area contributed by atoms with Crippen LogP contribution in [-0.2, 0) is 4.79 Å². The van der Waals surface area contributed by atoms with Crippen LogP contribution >= 0.6 is 11.6 Å². The molecule has 1 N–H and O–H groups in total. The fourth-order valence-corrected chi connectivity index (χ4v) is 3.05. The van der Waals surface area contributed by atoms with E-state index in [1.165, 1.54) is 36.1 Å². The standard InChI is InChI=1S/C22H20ClFN4O3/c1-13(21(30)27(2)3)25-20(29)18-12-19(14-7-9-15(23)10-8-14)26-28(22(18)31)17-6-4-5-16(24)11-17/h4-13H,1-3H3,(H,25,29)/t13-/m0/s1. The summed E-state index contributed by atoms with van der Waals surface area (Å²) in [5.41, 5.74) is 0.0819. The van der Waals surface area contributed by atoms with Gasteiger partial charge in [-0.25, -0.2) is 4.39 Å². The normalized spacial score (nSPS) is 11.6. The molecule has 1 atom stereocenters. The molecule has 1 aromatic heterocycles. The van der Waals surface area contributed by atoms with Crippen molar-refractivity contribution in [2.24, 2.45) is 0 Å². The number of amides is 2. The van der Waals surface area contributed by atoms with Crippen molar-refractivity contribution in [1.82, 2.24) is 20.0 Å². The molecule has 9 heteroatoms. The van der Waals surface area contributed by atoms with Crippen LogP contribution in [0.2, 0.25) is 5.02 Å². The lowest BCUT2D eigenvalue weighted by molar-refractivity contribution is -0.130. The van der Waals surface area contributed by atoms with Gasteiger partial charge in [0.05, 0.1) is 11.4 Å². The molecule has 3 aromatic rings. The smallest absolute Gasteiger partial charge is 0.284 e. The summed E-state index contributed by atoms with van der Waals surface area (Å²) in [5, 5.41) is 7.35. The Balaban J connectivity index is 2.13. The minimum absolute atomic E-state index is 0.160. The number of hydrogen-bond donors (Lipinski definition) is 1. The zero-order valence-corrected chi connectivity index (χ0v) is 17.9. The molecule has 0 unspecified atom stereocenters. The first-order valence-electron chi connectivity index (χ1n) is 9.35. The predicted molar refractivity (Wildman–Crippen MR) is 116 cm³/mol. The van der Waals surface area contributed by atoms with Crippen molar-refractivity contribution in [2.75, 3.05) is 14.1 Å². The van der Waals surface area contributed by atoms with Crippen LogP contribution in [0.4, 0.5) is 4.39 Å². The molecule has 31 heavy (non-hydrogen) atoms. The molecular formula is C22H20ClFN4O3. The van der Waals surface area contributed by atoms with Gasteiger partial charge in [0.25, 0.3) is 11.5 Å². The molecule has 160 valence electrons. The van der Waals surface area contributed by atoms with E-state index in [-0.39, 0.29) is 17.2 Å². The second-order valence-electron chi connectivity index (χ2n) is 7.07. The van der Waals surface area contributed by atoms with Gasteiger partial charge in [0.1, 0.15) is 17.4 Å². The van der Waals surface area contributed by atoms with E-state index in [2.05, 4.69) is 10.4 Å². The van der Waals surface area contributed by atoms with Crippen molar-refractivity contribution >= 4 is 23.4 Å². The van der Waals surface area contributed by atoms with Gasteiger partial charge in [-0.3, -0.25) is 14.4 Å². The zero-order valence-electron chi connectivity index (χ0n) is 17.1. The molecule has 0 spiro atoms. The van der Waals surface area contributed by atoms with Gasteiger partial charge in [-0.05, 0) is 43.3 Å². The number of nitrogens with one attached hydrogen (secondary N) is 1. The third kappa shape index (κ3) is 4.97. The highest BCUT2D eigenvalue weighted by Gasteiger charge is 2.22. The van der Waals surface area contributed by atoms with Crippen molar-refractivity contribution in [3.63, 3.8) is 0 Å². The summed E-state index contributed by atoms with van der Waals surface area (Å²) in [5.74, 6) is -1.62. The van der Waals surface area contributed by atoms with Gasteiger partial charge >= 0.3 is 0 Å². The Morgan fingerprint density at radius 1 is 1.13 bits per heavy atom. The van der Waals surface area contributed by atoms with Gasteiger partial charge in [-0.15, -0.1) is 0 Å². The maximum absolute atomic E-state index is 13.8. The van der Waals surface area contributed by atoms with Crippen molar-refractivity contribution in [3.8, 4) is 16.9 Å². The summed E-state index contributed by atoms with van der Waals surface area (Å²) in [7, 11) is 3.12. The molecule has 3 rings (SSSR count). The Morgan fingerprint density at radius 2 is 1.81 bits per heavy atom. The van der Waals surface area contributed by atoms with E-state index in [0.717, 1.165) is 10.7 Å². The molecule has 2 aromatic carbocycles. The average molecular weight is 443 g/mol. The second kappa shape index (κ2) is 9.09. The van der Waals surface area contributed by atoms with E-state index >= 15 is 0 Å². The molecule has 7 nitrogen and oxygen atoms in total. The van der Waals surface area contributed by atoms with Crippen LogP contribution in [0.5, 0.6) is 0 Å². The van der Waals surface area contributed by atoms with Crippen LogP contribution in [0, 0.1) is 5.82 Å². The largest absolute Gasteiger partial charge is 0.347 e. The van der Waals surface area contributed by atoms with E-state index in [0.29, 0.717) is 16.3 Å². The van der Waals surface area contributed by atoms with Crippen LogP contribution < -0.4 is 10.9 Å². The van der Waals surface area contributed by atoms with Crippen LogP contribution in [0.3, 0.4) is 0 Å². The summed E-state index contributed by atoms with van der Waals surface area (Å²) in [6.45, 7) is 1.52. The van der Waals surface area contributed by atoms with Gasteiger partial charge < -0.3 is 10.2 Å². The van der Waals surface area contributed by atoms with Crippen LogP contribution in [0.1, 0.15) is 17.3 Å². The van der Waals surface area contributed by atoms with Crippen LogP contribution in [0.25, 0.3) is 16.9 Å². The van der Waals surface area contributed by atoms with Crippen molar-refractivity contribution in [1.29, 1.82) is 0 Å². The van der Waals surface area contributed by atoms with E-state index in [9.17, 15) is 18.8 Å². The maximum Gasteiger partial charge on any atom is 0.284 e. The molecule has 2 amide bonds. The van der Waals surface area contributed by atoms with Gasteiger partial charge in [0.2, 0.25) is 5.91 Å². The Bertz CT molecular complexity index is 1190. The fourth-order valence-electron chi connectivity index (χ4n) is 2.93. The number of rotatable bonds is 5. The third-order valence-corrected chi connectivity index (χ3v) is 4.76. The second-order valence-corrected chi connectivity index (χ2v) is 7.51. The summed E-state index contributed by atoms with van der Waals surface area (Å²) >= 11 is 5.95. The highest BCUT2D eigenvalue weighted by molar-refractivity contribution is 6.30. The number of hydrogen-bond acceptors (Lipinski definition) is 4. The topological polar surface area (TPSA) is 84.3 Å². The van der Waals surface area contributed by atoms with Gasteiger partial charge in [0.15, 0.2) is 0 Å². The predicted octanol–water partition coefficient (Wildman–Crippen LogP) is 2.90. The van der Waals surface area contributed by atoms with E-state index in [1.807, 2.05) is 0 Å². The minimum atomic E-state index is -0.850. The molecule has 0 fully saturated rings. The quantitative estimate of drug-likeness (QED) is 0.658. The summed E-state index contributed by atoms with van der Waals surface area (Å²) in [6.07, 6.45) is 0. The first kappa shape index (κ1) is 22.2. The van der Waals surface area contributed by atoms with Gasteiger partial charge in [0, 0.05) is 24.7 Å². The zero-order chi connectivity index (χ0) is 22.7. The molecular weight excluding hydrogens is 423 g/mol. The first-order chi connectivity index (χ1) is 14.7. The molecule has 0 radical (unpaired) electrons. The van der Waals surface area contributed by atoms with Crippen molar-refractivity contribution in [2.45, 2.75) is 13.0 Å². The molecule has 1 heterocycles. The minimum Gasteiger partial charge on any atom is -0.347 e. The number of likely N-dealkylation sites (N-methyl/N-ethyl adjacent to an activating group) is 1. The molecule has 0 aliphatic carbocycles. The monoisotopic (exact) mass is 442 g/mol. The number of nitrogens with zero attached hydrogens (tertiary/aromatic N) is 3. The molecule has 0 saturated heterocycles. The lowest BCUT2D eigenvalue weighted by Crippen LogP contribution is -2.46. The number of carbonyl (C=O) groups excluding carboxylic acids is 2. The fraction of sp³-hybridized carbons (Fsp3) is 0.182. The summed E-state index contributed by atoms with van der Waals surface area (Å²) in [6, 6.07) is 12.5. The summed E-state index contributed by atoms with van der Waals surface area (Å²) in [4.78, 5) is 39.4. The highest BCUT2D eigenvalue weighted by Crippen LogP contribution is 2.20. The van der Waals surface area contributed by atoms with Gasteiger partial charge in [-0.2, -0.15) is 9.78 Å². The lowest BCUT2D eigenvalue weighted by Gasteiger charge is -2.18. The average Bonchev–Trinajstić information content (AvgIpc) is 2.73. The SMILES string of the molecule is C[C@H](NC(=O)c1cc(-c2ccc(Cl)cc2)nn(-c2cccc(F)c2)c1=O)C(=O)N(C)C. The summed E-state index contributed by atoms with van der Waals surface area (Å²) < 4.78 is 14.7. The van der Waals surface area contributed by atoms with Crippen molar-refractivity contribution in [3.05, 3.63) is 81.4 Å². The number of halogens is 2. The Kier molecular flexibility index (Phi) is 6.50. The first-order valence-corrected chi connectivity index (χ1v) is 9.73. The number of aromatic nitrogens is 2. The van der Waals surface area contributed by atoms with Crippen LogP contribution in [-0.4, -0.2) is 46.6 Å². The maximum atomic E-state index is 13.8. The van der Waals surface area contributed by atoms with Crippen molar-refractivity contribution < 1.29 is 14.0 Å².